The Balaban J connectivity index is 1.58. The Bertz CT molecular complexity index is 1560. The number of benzene rings is 2. The number of alkyl halides is 2. The van der Waals surface area contributed by atoms with Crippen molar-refractivity contribution in [2.24, 2.45) is 7.05 Å². The van der Waals surface area contributed by atoms with E-state index >= 15 is 0 Å². The fourth-order valence-corrected chi connectivity index (χ4v) is 4.19. The zero-order valence-corrected chi connectivity index (χ0v) is 18.8. The van der Waals surface area contributed by atoms with Crippen molar-refractivity contribution in [3.63, 3.8) is 0 Å². The number of pyridine rings is 1. The summed E-state index contributed by atoms with van der Waals surface area (Å²) in [6.07, 6.45) is 1.63. The molecule has 174 valence electrons. The molecule has 2 aromatic carbocycles. The van der Waals surface area contributed by atoms with Crippen molar-refractivity contribution in [1.82, 2.24) is 34.3 Å². The monoisotopic (exact) mass is 464 g/mol. The molecule has 5 rings (SSSR count). The number of hydrogen-bond acceptors (Lipinski definition) is 6. The van der Waals surface area contributed by atoms with Crippen LogP contribution in [0.4, 0.5) is 14.6 Å². The first-order valence-corrected chi connectivity index (χ1v) is 10.5. The number of hydrogen-bond donors (Lipinski definition) is 1. The zero-order chi connectivity index (χ0) is 24.1. The lowest BCUT2D eigenvalue weighted by Crippen LogP contribution is -2.42. The number of imidazole rings is 1. The fourth-order valence-electron chi connectivity index (χ4n) is 4.19. The molecular weight excluding hydrogens is 442 g/mol. The SMILES string of the molecule is CN(C)N(Cc1nc2ccccc2n1C(F)F)C(=O)c1ccc2nc(N)c3cnn(C)c3c2c1. The first-order valence-electron chi connectivity index (χ1n) is 10.5. The number of nitrogen functional groups attached to an aromatic ring is 1. The molecule has 5 aromatic rings. The van der Waals surface area contributed by atoms with Crippen LogP contribution in [0.5, 0.6) is 0 Å². The summed E-state index contributed by atoms with van der Waals surface area (Å²) in [5, 5.41) is 8.59. The van der Waals surface area contributed by atoms with Crippen molar-refractivity contribution >= 4 is 44.6 Å². The van der Waals surface area contributed by atoms with Gasteiger partial charge in [-0.1, -0.05) is 12.1 Å². The van der Waals surface area contributed by atoms with Crippen LogP contribution >= 0.6 is 0 Å². The molecule has 0 saturated carbocycles. The maximum absolute atomic E-state index is 13.9. The summed E-state index contributed by atoms with van der Waals surface area (Å²) in [5.74, 6) is 0.0740. The number of nitrogens with two attached hydrogens (primary N) is 1. The van der Waals surface area contributed by atoms with E-state index in [1.165, 1.54) is 5.01 Å². The van der Waals surface area contributed by atoms with Gasteiger partial charge >= 0.3 is 6.55 Å². The highest BCUT2D eigenvalue weighted by atomic mass is 19.3. The van der Waals surface area contributed by atoms with Crippen molar-refractivity contribution in [1.29, 1.82) is 0 Å². The molecule has 3 heterocycles. The average molecular weight is 464 g/mol. The summed E-state index contributed by atoms with van der Waals surface area (Å²) in [5.41, 5.74) is 8.57. The maximum atomic E-state index is 13.9. The van der Waals surface area contributed by atoms with Gasteiger partial charge < -0.3 is 5.73 Å². The first kappa shape index (κ1) is 21.7. The van der Waals surface area contributed by atoms with Crippen LogP contribution in [0.25, 0.3) is 32.8 Å². The van der Waals surface area contributed by atoms with E-state index in [0.717, 1.165) is 10.1 Å². The molecule has 0 atom stereocenters. The molecule has 0 aliphatic carbocycles. The minimum Gasteiger partial charge on any atom is -0.383 e. The minimum absolute atomic E-state index is 0.0857. The summed E-state index contributed by atoms with van der Waals surface area (Å²) in [4.78, 5) is 22.3. The van der Waals surface area contributed by atoms with Crippen LogP contribution in [0.1, 0.15) is 22.7 Å². The Morgan fingerprint density at radius 3 is 2.59 bits per heavy atom. The number of para-hydroxylation sites is 2. The second-order valence-electron chi connectivity index (χ2n) is 8.13. The van der Waals surface area contributed by atoms with Crippen molar-refractivity contribution in [3.8, 4) is 0 Å². The molecule has 0 saturated heterocycles. The largest absolute Gasteiger partial charge is 0.383 e. The van der Waals surface area contributed by atoms with Crippen LogP contribution in [-0.4, -0.2) is 54.3 Å². The quantitative estimate of drug-likeness (QED) is 0.400. The Hall–Kier alpha value is -4.12. The van der Waals surface area contributed by atoms with Crippen molar-refractivity contribution in [2.75, 3.05) is 19.8 Å². The van der Waals surface area contributed by atoms with E-state index in [0.29, 0.717) is 38.7 Å². The predicted molar refractivity (Wildman–Crippen MR) is 125 cm³/mol. The van der Waals surface area contributed by atoms with Gasteiger partial charge in [-0.3, -0.25) is 19.1 Å². The lowest BCUT2D eigenvalue weighted by molar-refractivity contribution is 0.00946. The molecule has 1 amide bonds. The molecule has 0 aliphatic heterocycles. The van der Waals surface area contributed by atoms with Crippen LogP contribution < -0.4 is 5.73 Å². The van der Waals surface area contributed by atoms with E-state index in [1.54, 1.807) is 79.5 Å². The lowest BCUT2D eigenvalue weighted by Gasteiger charge is -2.29. The number of anilines is 1. The number of amides is 1. The highest BCUT2D eigenvalue weighted by Crippen LogP contribution is 2.29. The first-order chi connectivity index (χ1) is 16.3. The predicted octanol–water partition coefficient (Wildman–Crippen LogP) is 3.57. The van der Waals surface area contributed by atoms with Gasteiger partial charge in [0.25, 0.3) is 5.91 Å². The van der Waals surface area contributed by atoms with E-state index in [9.17, 15) is 13.6 Å². The molecule has 34 heavy (non-hydrogen) atoms. The van der Waals surface area contributed by atoms with E-state index in [-0.39, 0.29) is 18.3 Å². The van der Waals surface area contributed by atoms with Crippen molar-refractivity contribution < 1.29 is 13.6 Å². The standard InChI is InChI=1S/C23H22F2N8O/c1-30(2)32(12-19-28-17-6-4-5-7-18(17)33(19)23(24)25)22(34)13-8-9-16-14(10-13)20-15(21(26)29-16)11-27-31(20)3/h4-11,23H,12H2,1-3H3,(H2,26,29). The Labute approximate surface area is 193 Å². The van der Waals surface area contributed by atoms with Gasteiger partial charge in [-0.2, -0.15) is 13.9 Å². The molecule has 0 fully saturated rings. The second kappa shape index (κ2) is 8.03. The van der Waals surface area contributed by atoms with Crippen LogP contribution in [0.15, 0.2) is 48.7 Å². The van der Waals surface area contributed by atoms with E-state index < -0.39 is 6.55 Å². The number of nitrogens with zero attached hydrogens (tertiary/aromatic N) is 7. The van der Waals surface area contributed by atoms with Crippen LogP contribution in [0.2, 0.25) is 0 Å². The van der Waals surface area contributed by atoms with Gasteiger partial charge in [-0.15, -0.1) is 0 Å². The minimum atomic E-state index is -2.79. The Kier molecular flexibility index (Phi) is 5.13. The number of carbonyl (C=O) groups excluding carboxylic acids is 1. The van der Waals surface area contributed by atoms with Gasteiger partial charge in [0.2, 0.25) is 0 Å². The highest BCUT2D eigenvalue weighted by Gasteiger charge is 2.25. The smallest absolute Gasteiger partial charge is 0.320 e. The van der Waals surface area contributed by atoms with E-state index in [1.807, 2.05) is 0 Å². The van der Waals surface area contributed by atoms with Gasteiger partial charge in [0.15, 0.2) is 0 Å². The van der Waals surface area contributed by atoms with E-state index in [4.69, 9.17) is 5.73 Å². The molecule has 0 radical (unpaired) electrons. The Morgan fingerprint density at radius 2 is 1.85 bits per heavy atom. The summed E-state index contributed by atoms with van der Waals surface area (Å²) in [6, 6.07) is 11.7. The molecule has 0 aliphatic rings. The number of halogens is 2. The lowest BCUT2D eigenvalue weighted by atomic mass is 10.1. The van der Waals surface area contributed by atoms with Gasteiger partial charge in [0.05, 0.1) is 40.2 Å². The number of carbonyl (C=O) groups is 1. The molecule has 9 nitrogen and oxygen atoms in total. The number of hydrazine groups is 1. The molecule has 3 aromatic heterocycles. The van der Waals surface area contributed by atoms with E-state index in [2.05, 4.69) is 15.1 Å². The summed E-state index contributed by atoms with van der Waals surface area (Å²) < 4.78 is 30.4. The topological polar surface area (TPSA) is 98.1 Å². The normalized spacial score (nSPS) is 12.0. The van der Waals surface area contributed by atoms with Gasteiger partial charge in [0.1, 0.15) is 11.6 Å². The van der Waals surface area contributed by atoms with Crippen LogP contribution in [0.3, 0.4) is 0 Å². The van der Waals surface area contributed by atoms with Gasteiger partial charge in [0, 0.05) is 32.1 Å². The second-order valence-corrected chi connectivity index (χ2v) is 8.13. The number of rotatable bonds is 5. The Morgan fingerprint density at radius 1 is 1.09 bits per heavy atom. The number of aromatic nitrogens is 5. The molecule has 0 bridgehead atoms. The van der Waals surface area contributed by atoms with Crippen molar-refractivity contribution in [3.05, 3.63) is 60.0 Å². The zero-order valence-electron chi connectivity index (χ0n) is 18.8. The highest BCUT2D eigenvalue weighted by molar-refractivity contribution is 6.10. The summed E-state index contributed by atoms with van der Waals surface area (Å²) in [6.45, 7) is -2.93. The third-order valence-corrected chi connectivity index (χ3v) is 5.83. The molecular formula is C23H22F2N8O. The molecule has 2 N–H and O–H groups in total. The fraction of sp³-hybridized carbons (Fsp3) is 0.217. The summed E-state index contributed by atoms with van der Waals surface area (Å²) in [7, 11) is 5.14. The average Bonchev–Trinajstić information content (AvgIpc) is 3.37. The van der Waals surface area contributed by atoms with Crippen LogP contribution in [-0.2, 0) is 13.6 Å². The van der Waals surface area contributed by atoms with Crippen LogP contribution in [0, 0.1) is 0 Å². The number of aryl methyl sites for hydroxylation is 1. The third kappa shape index (κ3) is 3.41. The van der Waals surface area contributed by atoms with Gasteiger partial charge in [-0.05, 0) is 30.3 Å². The van der Waals surface area contributed by atoms with Crippen molar-refractivity contribution in [2.45, 2.75) is 13.1 Å². The molecule has 0 spiro atoms. The molecule has 11 heteroatoms. The van der Waals surface area contributed by atoms with Gasteiger partial charge in [-0.25, -0.2) is 15.0 Å². The summed E-state index contributed by atoms with van der Waals surface area (Å²) >= 11 is 0. The third-order valence-electron chi connectivity index (χ3n) is 5.83. The maximum Gasteiger partial charge on any atom is 0.320 e. The number of fused-ring (bicyclic) bond motifs is 4. The molecule has 0 unspecified atom stereocenters.